The molecule has 0 aromatic heterocycles. The molecule has 2 rings (SSSR count). The molecule has 4 nitrogen and oxygen atoms in total. The Morgan fingerprint density at radius 2 is 1.94 bits per heavy atom. The summed E-state index contributed by atoms with van der Waals surface area (Å²) in [6, 6.07) is 2.21. The van der Waals surface area contributed by atoms with Crippen LogP contribution in [0.25, 0.3) is 0 Å². The Balaban J connectivity index is 1.59. The van der Waals surface area contributed by atoms with E-state index in [4.69, 9.17) is 10.00 Å². The van der Waals surface area contributed by atoms with Crippen LogP contribution in [-0.4, -0.2) is 61.8 Å². The van der Waals surface area contributed by atoms with Gasteiger partial charge >= 0.3 is 0 Å². The molecule has 0 amide bonds. The number of hydrogen-bond acceptors (Lipinski definition) is 4. The van der Waals surface area contributed by atoms with Gasteiger partial charge in [0.2, 0.25) is 0 Å². The van der Waals surface area contributed by atoms with Crippen LogP contribution in [0.5, 0.6) is 0 Å². The van der Waals surface area contributed by atoms with Crippen molar-refractivity contribution in [2.24, 2.45) is 0 Å². The van der Waals surface area contributed by atoms with Gasteiger partial charge in [-0.1, -0.05) is 0 Å². The number of nitriles is 1. The highest BCUT2D eigenvalue weighted by Crippen LogP contribution is 2.14. The van der Waals surface area contributed by atoms with E-state index in [9.17, 15) is 0 Å². The van der Waals surface area contributed by atoms with Crippen LogP contribution in [-0.2, 0) is 4.74 Å². The molecule has 0 bridgehead atoms. The largest absolute Gasteiger partial charge is 0.377 e. The SMILES string of the molecule is N#CCCCN1CCN(CC2CCCO2)CC1. The van der Waals surface area contributed by atoms with Gasteiger partial charge < -0.3 is 9.64 Å². The normalized spacial score (nSPS) is 27.1. The first-order valence-corrected chi connectivity index (χ1v) is 6.82. The predicted octanol–water partition coefficient (Wildman–Crippen LogP) is 1.09. The minimum atomic E-state index is 0.486. The highest BCUT2D eigenvalue weighted by Gasteiger charge is 2.22. The van der Waals surface area contributed by atoms with E-state index in [2.05, 4.69) is 15.9 Å². The summed E-state index contributed by atoms with van der Waals surface area (Å²) in [6.45, 7) is 7.78. The van der Waals surface area contributed by atoms with E-state index >= 15 is 0 Å². The summed E-state index contributed by atoms with van der Waals surface area (Å²) in [5.74, 6) is 0. The summed E-state index contributed by atoms with van der Waals surface area (Å²) in [6.07, 6.45) is 4.67. The molecule has 2 heterocycles. The fourth-order valence-electron chi connectivity index (χ4n) is 2.65. The minimum absolute atomic E-state index is 0.486. The van der Waals surface area contributed by atoms with Gasteiger partial charge in [-0.25, -0.2) is 0 Å². The van der Waals surface area contributed by atoms with E-state index in [0.717, 1.165) is 52.3 Å². The fourth-order valence-corrected chi connectivity index (χ4v) is 2.65. The maximum atomic E-state index is 8.51. The second-order valence-corrected chi connectivity index (χ2v) is 5.04. The van der Waals surface area contributed by atoms with Crippen molar-refractivity contribution in [3.63, 3.8) is 0 Å². The van der Waals surface area contributed by atoms with E-state index in [-0.39, 0.29) is 0 Å². The molecule has 1 atom stereocenters. The molecule has 0 N–H and O–H groups in total. The average molecular weight is 237 g/mol. The van der Waals surface area contributed by atoms with Gasteiger partial charge in [-0.15, -0.1) is 0 Å². The molecule has 1 unspecified atom stereocenters. The standard InChI is InChI=1S/C13H23N3O/c14-5-1-2-6-15-7-9-16(10-8-15)12-13-4-3-11-17-13/h13H,1-4,6-12H2. The molecule has 0 radical (unpaired) electrons. The van der Waals surface area contributed by atoms with Crippen LogP contribution < -0.4 is 0 Å². The van der Waals surface area contributed by atoms with Crippen molar-refractivity contribution in [3.05, 3.63) is 0 Å². The zero-order chi connectivity index (χ0) is 11.9. The van der Waals surface area contributed by atoms with Crippen LogP contribution in [0.3, 0.4) is 0 Å². The number of ether oxygens (including phenoxy) is 1. The van der Waals surface area contributed by atoms with Gasteiger partial charge in [-0.05, 0) is 25.8 Å². The quantitative estimate of drug-likeness (QED) is 0.671. The lowest BCUT2D eigenvalue weighted by Gasteiger charge is -2.35. The van der Waals surface area contributed by atoms with Crippen LogP contribution in [0.15, 0.2) is 0 Å². The molecule has 96 valence electrons. The van der Waals surface area contributed by atoms with Crippen molar-refractivity contribution in [2.45, 2.75) is 31.8 Å². The number of piperazine rings is 1. The molecular weight excluding hydrogens is 214 g/mol. The summed E-state index contributed by atoms with van der Waals surface area (Å²) >= 11 is 0. The molecule has 2 aliphatic rings. The van der Waals surface area contributed by atoms with Crippen LogP contribution in [0, 0.1) is 11.3 Å². The van der Waals surface area contributed by atoms with Crippen molar-refractivity contribution >= 4 is 0 Å². The Bertz CT molecular complexity index is 250. The monoisotopic (exact) mass is 237 g/mol. The van der Waals surface area contributed by atoms with Crippen LogP contribution >= 0.6 is 0 Å². The van der Waals surface area contributed by atoms with Crippen LogP contribution in [0.4, 0.5) is 0 Å². The van der Waals surface area contributed by atoms with Gasteiger partial charge in [-0.3, -0.25) is 4.90 Å². The van der Waals surface area contributed by atoms with Crippen molar-refractivity contribution in [1.29, 1.82) is 5.26 Å². The first-order chi connectivity index (χ1) is 8.38. The Morgan fingerprint density at radius 3 is 2.59 bits per heavy atom. The minimum Gasteiger partial charge on any atom is -0.377 e. The van der Waals surface area contributed by atoms with E-state index in [0.29, 0.717) is 12.5 Å². The van der Waals surface area contributed by atoms with Gasteiger partial charge in [-0.2, -0.15) is 5.26 Å². The lowest BCUT2D eigenvalue weighted by Crippen LogP contribution is -2.48. The Hall–Kier alpha value is -0.630. The summed E-state index contributed by atoms with van der Waals surface area (Å²) in [5.41, 5.74) is 0. The maximum absolute atomic E-state index is 8.51. The van der Waals surface area contributed by atoms with Gasteiger partial charge in [0.25, 0.3) is 0 Å². The molecular formula is C13H23N3O. The Labute approximate surface area is 104 Å². The van der Waals surface area contributed by atoms with E-state index in [1.54, 1.807) is 0 Å². The predicted molar refractivity (Wildman–Crippen MR) is 66.7 cm³/mol. The lowest BCUT2D eigenvalue weighted by molar-refractivity contribution is 0.0503. The van der Waals surface area contributed by atoms with E-state index in [1.807, 2.05) is 0 Å². The highest BCUT2D eigenvalue weighted by molar-refractivity contribution is 4.77. The molecule has 0 saturated carbocycles. The Morgan fingerprint density at radius 1 is 1.18 bits per heavy atom. The molecule has 0 aromatic rings. The summed E-state index contributed by atoms with van der Waals surface area (Å²) in [5, 5.41) is 8.51. The lowest BCUT2D eigenvalue weighted by atomic mass is 10.2. The summed E-state index contributed by atoms with van der Waals surface area (Å²) in [7, 11) is 0. The van der Waals surface area contributed by atoms with Gasteiger partial charge in [0.05, 0.1) is 12.2 Å². The topological polar surface area (TPSA) is 39.5 Å². The number of hydrogen-bond donors (Lipinski definition) is 0. The zero-order valence-corrected chi connectivity index (χ0v) is 10.6. The van der Waals surface area contributed by atoms with Crippen molar-refractivity contribution in [3.8, 4) is 6.07 Å². The third kappa shape index (κ3) is 4.27. The van der Waals surface area contributed by atoms with Gasteiger partial charge in [0, 0.05) is 45.8 Å². The smallest absolute Gasteiger partial charge is 0.0702 e. The fraction of sp³-hybridized carbons (Fsp3) is 0.923. The van der Waals surface area contributed by atoms with E-state index < -0.39 is 0 Å². The molecule has 0 aromatic carbocycles. The molecule has 17 heavy (non-hydrogen) atoms. The van der Waals surface area contributed by atoms with Gasteiger partial charge in [0.15, 0.2) is 0 Å². The maximum Gasteiger partial charge on any atom is 0.0702 e. The summed E-state index contributed by atoms with van der Waals surface area (Å²) < 4.78 is 5.67. The molecule has 2 aliphatic heterocycles. The molecule has 2 fully saturated rings. The highest BCUT2D eigenvalue weighted by atomic mass is 16.5. The third-order valence-corrected chi connectivity index (χ3v) is 3.71. The molecule has 2 saturated heterocycles. The average Bonchev–Trinajstić information content (AvgIpc) is 2.85. The van der Waals surface area contributed by atoms with E-state index in [1.165, 1.54) is 12.8 Å². The molecule has 0 spiro atoms. The number of nitrogens with zero attached hydrogens (tertiary/aromatic N) is 3. The first-order valence-electron chi connectivity index (χ1n) is 6.82. The van der Waals surface area contributed by atoms with Crippen molar-refractivity contribution in [2.75, 3.05) is 45.9 Å². The van der Waals surface area contributed by atoms with Gasteiger partial charge in [0.1, 0.15) is 0 Å². The first kappa shape index (κ1) is 12.8. The molecule has 4 heteroatoms. The second kappa shape index (κ2) is 6.95. The number of rotatable bonds is 5. The van der Waals surface area contributed by atoms with Crippen molar-refractivity contribution in [1.82, 2.24) is 9.80 Å². The van der Waals surface area contributed by atoms with Crippen molar-refractivity contribution < 1.29 is 4.74 Å². The summed E-state index contributed by atoms with van der Waals surface area (Å²) in [4.78, 5) is 5.00. The van der Waals surface area contributed by atoms with Crippen LogP contribution in [0.1, 0.15) is 25.7 Å². The second-order valence-electron chi connectivity index (χ2n) is 5.04. The molecule has 0 aliphatic carbocycles. The number of unbranched alkanes of at least 4 members (excludes halogenated alkanes) is 1. The zero-order valence-electron chi connectivity index (χ0n) is 10.6. The Kier molecular flexibility index (Phi) is 5.24. The van der Waals surface area contributed by atoms with Crippen LogP contribution in [0.2, 0.25) is 0 Å². The third-order valence-electron chi connectivity index (χ3n) is 3.71.